The molecular weight excluding hydrogens is 204 g/mol. The minimum atomic E-state index is -1.02. The van der Waals surface area contributed by atoms with E-state index in [9.17, 15) is 0 Å². The molecule has 0 unspecified atom stereocenters. The van der Waals surface area contributed by atoms with Gasteiger partial charge in [-0.25, -0.2) is 0 Å². The summed E-state index contributed by atoms with van der Waals surface area (Å²) >= 11 is 0. The molecule has 0 aromatic carbocycles. The fourth-order valence-electron chi connectivity index (χ4n) is 2.62. The van der Waals surface area contributed by atoms with Crippen molar-refractivity contribution in [2.75, 3.05) is 19.6 Å². The molecule has 1 aliphatic heterocycles. The number of nitrogens with zero attached hydrogens (tertiary/aromatic N) is 1. The van der Waals surface area contributed by atoms with Crippen LogP contribution in [0.15, 0.2) is 0 Å². The third-order valence-electron chi connectivity index (χ3n) is 3.50. The molecule has 0 aromatic heterocycles. The largest absolute Gasteiger partial charge is 0.344 e. The molecule has 4 heteroatoms. The van der Waals surface area contributed by atoms with Crippen LogP contribution in [0.2, 0.25) is 38.3 Å². The van der Waals surface area contributed by atoms with Gasteiger partial charge in [0.2, 0.25) is 0 Å². The van der Waals surface area contributed by atoms with Crippen LogP contribution in [0.1, 0.15) is 0 Å². The zero-order valence-electron chi connectivity index (χ0n) is 10.2. The standard InChI is InChI=1S/C10H25N2Si2/c1-6-11-7-8-12-13(2,3)9-10-14(12,4)5/h11H,1,6-10H2,2-5H3. The highest BCUT2D eigenvalue weighted by molar-refractivity contribution is 6.95. The zero-order chi connectivity index (χ0) is 10.8. The number of rotatable bonds is 4. The van der Waals surface area contributed by atoms with Gasteiger partial charge in [0.05, 0.1) is 0 Å². The van der Waals surface area contributed by atoms with Crippen molar-refractivity contribution >= 4 is 16.5 Å². The zero-order valence-corrected chi connectivity index (χ0v) is 12.2. The maximum atomic E-state index is 3.82. The highest BCUT2D eigenvalue weighted by atomic mass is 28.4. The Hall–Kier alpha value is 0.354. The average molecular weight is 229 g/mol. The van der Waals surface area contributed by atoms with Gasteiger partial charge in [0.15, 0.2) is 0 Å². The number of nitrogens with one attached hydrogen (secondary N) is 1. The molecule has 2 nitrogen and oxygen atoms in total. The Bertz CT molecular complexity index is 177. The Morgan fingerprint density at radius 2 is 1.64 bits per heavy atom. The van der Waals surface area contributed by atoms with Gasteiger partial charge < -0.3 is 9.55 Å². The minimum Gasteiger partial charge on any atom is -0.344 e. The molecule has 0 amide bonds. The normalized spacial score (nSPS) is 25.5. The van der Waals surface area contributed by atoms with Gasteiger partial charge in [0.1, 0.15) is 16.5 Å². The van der Waals surface area contributed by atoms with Crippen molar-refractivity contribution in [1.82, 2.24) is 9.55 Å². The average Bonchev–Trinajstić information content (AvgIpc) is 2.27. The first-order chi connectivity index (χ1) is 6.40. The predicted molar refractivity (Wildman–Crippen MR) is 69.5 cm³/mol. The molecule has 14 heavy (non-hydrogen) atoms. The van der Waals surface area contributed by atoms with E-state index in [1.165, 1.54) is 18.6 Å². The van der Waals surface area contributed by atoms with E-state index in [1.54, 1.807) is 0 Å². The van der Waals surface area contributed by atoms with Crippen LogP contribution in [0.3, 0.4) is 0 Å². The lowest BCUT2D eigenvalue weighted by atomic mass is 10.6. The third-order valence-corrected chi connectivity index (χ3v) is 13.9. The molecule has 0 bridgehead atoms. The van der Waals surface area contributed by atoms with Crippen LogP contribution in [0.4, 0.5) is 0 Å². The maximum absolute atomic E-state index is 3.82. The molecule has 1 saturated heterocycles. The first-order valence-electron chi connectivity index (χ1n) is 5.68. The van der Waals surface area contributed by atoms with E-state index < -0.39 is 16.5 Å². The first kappa shape index (κ1) is 12.4. The molecule has 1 aliphatic rings. The lowest BCUT2D eigenvalue weighted by Crippen LogP contribution is -2.56. The summed E-state index contributed by atoms with van der Waals surface area (Å²) < 4.78 is 2.91. The van der Waals surface area contributed by atoms with E-state index in [0.717, 1.165) is 13.1 Å². The molecule has 1 radical (unpaired) electrons. The summed E-state index contributed by atoms with van der Waals surface area (Å²) in [7, 11) is -2.04. The Labute approximate surface area is 91.2 Å². The quantitative estimate of drug-likeness (QED) is 0.587. The van der Waals surface area contributed by atoms with Crippen molar-refractivity contribution < 1.29 is 0 Å². The van der Waals surface area contributed by atoms with Crippen molar-refractivity contribution in [3.05, 3.63) is 6.92 Å². The fraction of sp³-hybridized carbons (Fsp3) is 0.900. The van der Waals surface area contributed by atoms with Gasteiger partial charge in [-0.3, -0.25) is 0 Å². The molecule has 0 aromatic rings. The Morgan fingerprint density at radius 1 is 1.14 bits per heavy atom. The van der Waals surface area contributed by atoms with Gasteiger partial charge in [0, 0.05) is 6.54 Å². The van der Waals surface area contributed by atoms with Crippen LogP contribution in [0.25, 0.3) is 0 Å². The van der Waals surface area contributed by atoms with Crippen molar-refractivity contribution in [2.24, 2.45) is 0 Å². The summed E-state index contributed by atoms with van der Waals surface area (Å²) in [5, 5.41) is 3.34. The summed E-state index contributed by atoms with van der Waals surface area (Å²) in [6, 6.07) is 3.02. The number of hydrogen-bond acceptors (Lipinski definition) is 2. The van der Waals surface area contributed by atoms with Crippen LogP contribution < -0.4 is 5.32 Å². The minimum absolute atomic E-state index is 0.859. The SMILES string of the molecule is [CH2]CNCCN1[Si](C)(C)CC[Si]1(C)C. The molecular formula is C10H25N2Si2. The molecule has 1 rings (SSSR count). The summed E-state index contributed by atoms with van der Waals surface area (Å²) in [6.45, 7) is 17.2. The maximum Gasteiger partial charge on any atom is 0.115 e. The predicted octanol–water partition coefficient (Wildman–Crippen LogP) is 2.14. The monoisotopic (exact) mass is 229 g/mol. The van der Waals surface area contributed by atoms with Gasteiger partial charge >= 0.3 is 0 Å². The molecule has 0 saturated carbocycles. The molecule has 1 heterocycles. The molecule has 83 valence electrons. The summed E-state index contributed by atoms with van der Waals surface area (Å²) in [4.78, 5) is 0. The van der Waals surface area contributed by atoms with Crippen LogP contribution in [-0.2, 0) is 0 Å². The second kappa shape index (κ2) is 4.47. The van der Waals surface area contributed by atoms with Crippen molar-refractivity contribution in [3.63, 3.8) is 0 Å². The van der Waals surface area contributed by atoms with Crippen molar-refractivity contribution in [3.8, 4) is 0 Å². The smallest absolute Gasteiger partial charge is 0.115 e. The molecule has 0 aliphatic carbocycles. The van der Waals surface area contributed by atoms with Gasteiger partial charge in [-0.1, -0.05) is 26.2 Å². The van der Waals surface area contributed by atoms with Crippen molar-refractivity contribution in [2.45, 2.75) is 38.3 Å². The van der Waals surface area contributed by atoms with E-state index in [4.69, 9.17) is 0 Å². The topological polar surface area (TPSA) is 15.3 Å². The van der Waals surface area contributed by atoms with E-state index in [0.29, 0.717) is 0 Å². The first-order valence-corrected chi connectivity index (χ1v) is 12.0. The third kappa shape index (κ3) is 2.69. The Kier molecular flexibility index (Phi) is 3.97. The van der Waals surface area contributed by atoms with Crippen LogP contribution in [-0.4, -0.2) is 40.3 Å². The van der Waals surface area contributed by atoms with E-state index in [2.05, 4.69) is 42.7 Å². The summed E-state index contributed by atoms with van der Waals surface area (Å²) in [5.74, 6) is 0. The fourth-order valence-corrected chi connectivity index (χ4v) is 16.7. The van der Waals surface area contributed by atoms with E-state index >= 15 is 0 Å². The highest BCUT2D eigenvalue weighted by Crippen LogP contribution is 2.36. The lowest BCUT2D eigenvalue weighted by molar-refractivity contribution is 0.582. The molecule has 0 spiro atoms. The van der Waals surface area contributed by atoms with Gasteiger partial charge in [-0.05, 0) is 32.1 Å². The van der Waals surface area contributed by atoms with E-state index in [-0.39, 0.29) is 0 Å². The molecule has 0 atom stereocenters. The Balaban J connectivity index is 2.53. The van der Waals surface area contributed by atoms with Crippen molar-refractivity contribution in [1.29, 1.82) is 0 Å². The van der Waals surface area contributed by atoms with Crippen LogP contribution in [0, 0.1) is 6.92 Å². The summed E-state index contributed by atoms with van der Waals surface area (Å²) in [5.41, 5.74) is 0. The molecule has 1 fully saturated rings. The van der Waals surface area contributed by atoms with Gasteiger partial charge in [-0.15, -0.1) is 0 Å². The van der Waals surface area contributed by atoms with E-state index in [1.807, 2.05) is 0 Å². The number of hydrogen-bond donors (Lipinski definition) is 1. The summed E-state index contributed by atoms with van der Waals surface area (Å²) in [6.07, 6.45) is 0. The molecule has 1 N–H and O–H groups in total. The Morgan fingerprint density at radius 3 is 2.07 bits per heavy atom. The second-order valence-corrected chi connectivity index (χ2v) is 15.3. The van der Waals surface area contributed by atoms with Gasteiger partial charge in [-0.2, -0.15) is 0 Å². The van der Waals surface area contributed by atoms with Gasteiger partial charge in [0.25, 0.3) is 0 Å². The highest BCUT2D eigenvalue weighted by Gasteiger charge is 2.46. The lowest BCUT2D eigenvalue weighted by Gasteiger charge is -2.38. The van der Waals surface area contributed by atoms with Crippen LogP contribution in [0.5, 0.6) is 0 Å². The second-order valence-electron chi connectivity index (χ2n) is 5.53. The van der Waals surface area contributed by atoms with Crippen LogP contribution >= 0.6 is 0 Å².